The molecule has 20 heavy (non-hydrogen) atoms. The van der Waals surface area contributed by atoms with Crippen molar-refractivity contribution in [2.24, 2.45) is 0 Å². The maximum absolute atomic E-state index is 10.4. The minimum absolute atomic E-state index is 0.854. The summed E-state index contributed by atoms with van der Waals surface area (Å²) < 4.78 is 6.56. The van der Waals surface area contributed by atoms with Gasteiger partial charge in [0.15, 0.2) is 0 Å². The molecule has 0 radical (unpaired) electrons. The Morgan fingerprint density at radius 3 is 2.55 bits per heavy atom. The third-order valence-electron chi connectivity index (χ3n) is 3.41. The van der Waals surface area contributed by atoms with Crippen LogP contribution in [0.2, 0.25) is 0 Å². The first-order valence-electron chi connectivity index (χ1n) is 6.46. The molecule has 0 saturated heterocycles. The quantitative estimate of drug-likeness (QED) is 0.709. The highest BCUT2D eigenvalue weighted by Gasteiger charge is 2.22. The predicted molar refractivity (Wildman–Crippen MR) is 84.6 cm³/mol. The molecule has 0 aliphatic carbocycles. The molecule has 3 rings (SSSR count). The van der Waals surface area contributed by atoms with Crippen LogP contribution in [0.4, 0.5) is 0 Å². The molecule has 2 nitrogen and oxygen atoms in total. The van der Waals surface area contributed by atoms with Crippen molar-refractivity contribution < 1.29 is 9.52 Å². The van der Waals surface area contributed by atoms with Crippen LogP contribution >= 0.6 is 15.9 Å². The van der Waals surface area contributed by atoms with Crippen LogP contribution in [0.15, 0.2) is 57.6 Å². The van der Waals surface area contributed by atoms with Gasteiger partial charge in [-0.2, -0.15) is 0 Å². The summed E-state index contributed by atoms with van der Waals surface area (Å²) in [6.45, 7) is 3.58. The first-order chi connectivity index (χ1) is 9.47. The standard InChI is InChI=1S/C17H15BrO2/c1-17(2,19)15-9-11(18)7-8-12(15)14-10-20-16-6-4-3-5-13(14)16/h3-10,19H,1-2H3. The molecular weight excluding hydrogens is 316 g/mol. The van der Waals surface area contributed by atoms with E-state index >= 15 is 0 Å². The van der Waals surface area contributed by atoms with E-state index in [4.69, 9.17) is 4.42 Å². The number of hydrogen-bond donors (Lipinski definition) is 1. The van der Waals surface area contributed by atoms with Crippen LogP contribution in [-0.2, 0) is 5.60 Å². The van der Waals surface area contributed by atoms with Gasteiger partial charge in [-0.05, 0) is 43.2 Å². The van der Waals surface area contributed by atoms with Crippen molar-refractivity contribution in [3.8, 4) is 11.1 Å². The zero-order valence-electron chi connectivity index (χ0n) is 11.4. The van der Waals surface area contributed by atoms with Gasteiger partial charge < -0.3 is 9.52 Å². The molecule has 0 aliphatic heterocycles. The van der Waals surface area contributed by atoms with E-state index < -0.39 is 5.60 Å². The topological polar surface area (TPSA) is 33.4 Å². The second kappa shape index (κ2) is 4.76. The Balaban J connectivity index is 2.30. The van der Waals surface area contributed by atoms with E-state index in [1.54, 1.807) is 20.1 Å². The van der Waals surface area contributed by atoms with Gasteiger partial charge in [0.1, 0.15) is 5.58 Å². The highest BCUT2D eigenvalue weighted by Crippen LogP contribution is 2.38. The minimum atomic E-state index is -0.919. The van der Waals surface area contributed by atoms with Crippen LogP contribution in [0, 0.1) is 0 Å². The molecule has 0 amide bonds. The summed E-state index contributed by atoms with van der Waals surface area (Å²) in [6, 6.07) is 13.9. The lowest BCUT2D eigenvalue weighted by molar-refractivity contribution is 0.0791. The summed E-state index contributed by atoms with van der Waals surface area (Å²) in [5.74, 6) is 0. The number of aliphatic hydroxyl groups is 1. The minimum Gasteiger partial charge on any atom is -0.464 e. The molecule has 1 N–H and O–H groups in total. The lowest BCUT2D eigenvalue weighted by atomic mass is 9.89. The second-order valence-electron chi connectivity index (χ2n) is 5.39. The van der Waals surface area contributed by atoms with Crippen LogP contribution < -0.4 is 0 Å². The predicted octanol–water partition coefficient (Wildman–Crippen LogP) is 5.09. The van der Waals surface area contributed by atoms with Gasteiger partial charge in [0.05, 0.1) is 11.9 Å². The Morgan fingerprint density at radius 2 is 1.80 bits per heavy atom. The fraction of sp³-hybridized carbons (Fsp3) is 0.176. The zero-order valence-corrected chi connectivity index (χ0v) is 12.9. The summed E-state index contributed by atoms with van der Waals surface area (Å²) in [7, 11) is 0. The molecule has 0 spiro atoms. The number of furan rings is 1. The third-order valence-corrected chi connectivity index (χ3v) is 3.91. The average Bonchev–Trinajstić information content (AvgIpc) is 2.81. The normalized spacial score (nSPS) is 12.0. The summed E-state index contributed by atoms with van der Waals surface area (Å²) in [5.41, 5.74) is 2.80. The molecule has 0 unspecified atom stereocenters. The van der Waals surface area contributed by atoms with Gasteiger partial charge in [0.25, 0.3) is 0 Å². The van der Waals surface area contributed by atoms with E-state index in [1.807, 2.05) is 42.5 Å². The second-order valence-corrected chi connectivity index (χ2v) is 6.31. The van der Waals surface area contributed by atoms with Crippen molar-refractivity contribution in [2.45, 2.75) is 19.4 Å². The van der Waals surface area contributed by atoms with Crippen LogP contribution in [-0.4, -0.2) is 5.11 Å². The molecule has 3 heteroatoms. The largest absolute Gasteiger partial charge is 0.464 e. The molecule has 0 saturated carbocycles. The van der Waals surface area contributed by atoms with Gasteiger partial charge in [0, 0.05) is 15.4 Å². The monoisotopic (exact) mass is 330 g/mol. The van der Waals surface area contributed by atoms with Crippen LogP contribution in [0.5, 0.6) is 0 Å². The Bertz CT molecular complexity index is 766. The Kier molecular flexibility index (Phi) is 3.19. The van der Waals surface area contributed by atoms with Crippen molar-refractivity contribution in [1.29, 1.82) is 0 Å². The van der Waals surface area contributed by atoms with Gasteiger partial charge in [-0.1, -0.05) is 40.2 Å². The Morgan fingerprint density at radius 1 is 1.05 bits per heavy atom. The van der Waals surface area contributed by atoms with Crippen LogP contribution in [0.1, 0.15) is 19.4 Å². The number of rotatable bonds is 2. The lowest BCUT2D eigenvalue weighted by Gasteiger charge is -2.21. The molecule has 0 bridgehead atoms. The third kappa shape index (κ3) is 2.28. The van der Waals surface area contributed by atoms with E-state index in [0.717, 1.165) is 32.1 Å². The summed E-state index contributed by atoms with van der Waals surface area (Å²) in [6.07, 6.45) is 1.75. The van der Waals surface area contributed by atoms with E-state index in [2.05, 4.69) is 15.9 Å². The number of hydrogen-bond acceptors (Lipinski definition) is 2. The highest BCUT2D eigenvalue weighted by atomic mass is 79.9. The van der Waals surface area contributed by atoms with Gasteiger partial charge in [-0.3, -0.25) is 0 Å². The van der Waals surface area contributed by atoms with E-state index in [9.17, 15) is 5.11 Å². The molecule has 0 atom stereocenters. The first-order valence-corrected chi connectivity index (χ1v) is 7.25. The van der Waals surface area contributed by atoms with Crippen molar-refractivity contribution in [2.75, 3.05) is 0 Å². The van der Waals surface area contributed by atoms with Crippen molar-refractivity contribution >= 4 is 26.9 Å². The molecule has 0 fully saturated rings. The number of benzene rings is 2. The van der Waals surface area contributed by atoms with Crippen molar-refractivity contribution in [3.05, 3.63) is 58.8 Å². The molecule has 1 heterocycles. The Labute approximate surface area is 126 Å². The highest BCUT2D eigenvalue weighted by molar-refractivity contribution is 9.10. The van der Waals surface area contributed by atoms with Gasteiger partial charge >= 0.3 is 0 Å². The van der Waals surface area contributed by atoms with E-state index in [-0.39, 0.29) is 0 Å². The molecular formula is C17H15BrO2. The number of para-hydroxylation sites is 1. The fourth-order valence-corrected chi connectivity index (χ4v) is 2.80. The zero-order chi connectivity index (χ0) is 14.3. The molecule has 3 aromatic rings. The summed E-state index contributed by atoms with van der Waals surface area (Å²) in [4.78, 5) is 0. The van der Waals surface area contributed by atoms with Gasteiger partial charge in [-0.25, -0.2) is 0 Å². The van der Waals surface area contributed by atoms with Crippen molar-refractivity contribution in [3.63, 3.8) is 0 Å². The lowest BCUT2D eigenvalue weighted by Crippen LogP contribution is -2.16. The van der Waals surface area contributed by atoms with Crippen molar-refractivity contribution in [1.82, 2.24) is 0 Å². The first kappa shape index (κ1) is 13.4. The van der Waals surface area contributed by atoms with Gasteiger partial charge in [-0.15, -0.1) is 0 Å². The average molecular weight is 331 g/mol. The Hall–Kier alpha value is -1.58. The smallest absolute Gasteiger partial charge is 0.134 e. The maximum Gasteiger partial charge on any atom is 0.134 e. The molecule has 2 aromatic carbocycles. The summed E-state index contributed by atoms with van der Waals surface area (Å²) >= 11 is 3.47. The maximum atomic E-state index is 10.4. The van der Waals surface area contributed by atoms with Crippen LogP contribution in [0.25, 0.3) is 22.1 Å². The molecule has 1 aromatic heterocycles. The SMILES string of the molecule is CC(C)(O)c1cc(Br)ccc1-c1coc2ccccc12. The number of halogens is 1. The molecule has 0 aliphatic rings. The van der Waals surface area contributed by atoms with E-state index in [1.165, 1.54) is 0 Å². The fourth-order valence-electron chi connectivity index (χ4n) is 2.44. The molecule has 102 valence electrons. The summed E-state index contributed by atoms with van der Waals surface area (Å²) in [5, 5.41) is 11.5. The van der Waals surface area contributed by atoms with Crippen LogP contribution in [0.3, 0.4) is 0 Å². The van der Waals surface area contributed by atoms with E-state index in [0.29, 0.717) is 0 Å². The number of fused-ring (bicyclic) bond motifs is 1. The van der Waals surface area contributed by atoms with Gasteiger partial charge in [0.2, 0.25) is 0 Å².